The van der Waals surface area contributed by atoms with Gasteiger partial charge >= 0.3 is 6.18 Å². The minimum Gasteiger partial charge on any atom is -0.396 e. The summed E-state index contributed by atoms with van der Waals surface area (Å²) in [6.07, 6.45) is -3.25. The summed E-state index contributed by atoms with van der Waals surface area (Å²) < 4.78 is 38.0. The molecule has 0 fully saturated rings. The number of aryl methyl sites for hydroxylation is 1. The molecule has 0 aliphatic carbocycles. The fourth-order valence-electron chi connectivity index (χ4n) is 2.44. The van der Waals surface area contributed by atoms with Crippen molar-refractivity contribution in [3.05, 3.63) is 35.9 Å². The van der Waals surface area contributed by atoms with E-state index in [1.165, 1.54) is 0 Å². The zero-order valence-electron chi connectivity index (χ0n) is 12.1. The molecule has 0 amide bonds. The molecule has 5 heteroatoms. The van der Waals surface area contributed by atoms with Crippen LogP contribution in [0.4, 0.5) is 13.2 Å². The normalized spacial score (nSPS) is 14.9. The van der Waals surface area contributed by atoms with Crippen LogP contribution in [0.1, 0.15) is 44.1 Å². The predicted molar refractivity (Wildman–Crippen MR) is 75.9 cm³/mol. The van der Waals surface area contributed by atoms with Gasteiger partial charge in [-0.05, 0) is 31.2 Å². The Morgan fingerprint density at radius 2 is 1.57 bits per heavy atom. The zero-order valence-corrected chi connectivity index (χ0v) is 12.1. The minimum atomic E-state index is -4.37. The van der Waals surface area contributed by atoms with E-state index in [0.29, 0.717) is 25.7 Å². The maximum Gasteiger partial charge on any atom is 0.391 e. The molecule has 0 bridgehead atoms. The fourth-order valence-corrected chi connectivity index (χ4v) is 2.44. The Balaban J connectivity index is 2.58. The third-order valence-corrected chi connectivity index (χ3v) is 3.55. The van der Waals surface area contributed by atoms with Crippen molar-refractivity contribution >= 4 is 0 Å². The molecule has 120 valence electrons. The lowest BCUT2D eigenvalue weighted by Crippen LogP contribution is -2.35. The molecule has 1 unspecified atom stereocenters. The molecule has 0 saturated heterocycles. The molecule has 21 heavy (non-hydrogen) atoms. The summed E-state index contributed by atoms with van der Waals surface area (Å²) in [5, 5.41) is 19.0. The SMILES string of the molecule is OCCCCCC(O)(CCc1ccccc1)CC(F)(F)F. The summed E-state index contributed by atoms with van der Waals surface area (Å²) in [6.45, 7) is 0.0295. The van der Waals surface area contributed by atoms with E-state index < -0.39 is 18.2 Å². The zero-order chi connectivity index (χ0) is 15.8. The lowest BCUT2D eigenvalue weighted by Gasteiger charge is -2.29. The van der Waals surface area contributed by atoms with Crippen LogP contribution in [0.2, 0.25) is 0 Å². The van der Waals surface area contributed by atoms with Crippen LogP contribution in [0.25, 0.3) is 0 Å². The van der Waals surface area contributed by atoms with Gasteiger partial charge in [-0.15, -0.1) is 0 Å². The minimum absolute atomic E-state index is 0.0295. The number of aliphatic hydroxyl groups excluding tert-OH is 1. The van der Waals surface area contributed by atoms with Crippen LogP contribution in [0.15, 0.2) is 30.3 Å². The van der Waals surface area contributed by atoms with Crippen molar-refractivity contribution in [3.63, 3.8) is 0 Å². The van der Waals surface area contributed by atoms with Crippen LogP contribution in [-0.2, 0) is 6.42 Å². The standard InChI is InChI=1S/C16H23F3O2/c17-16(18,19)13-15(21,10-5-2-6-12-20)11-9-14-7-3-1-4-8-14/h1,3-4,7-8,20-21H,2,5-6,9-13H2. The molecule has 1 rings (SSSR count). The van der Waals surface area contributed by atoms with Crippen LogP contribution in [0.5, 0.6) is 0 Å². The van der Waals surface area contributed by atoms with Crippen molar-refractivity contribution in [2.24, 2.45) is 0 Å². The van der Waals surface area contributed by atoms with Crippen molar-refractivity contribution in [2.45, 2.75) is 56.7 Å². The topological polar surface area (TPSA) is 40.5 Å². The number of aliphatic hydroxyl groups is 2. The molecule has 0 spiro atoms. The first-order chi connectivity index (χ1) is 9.85. The van der Waals surface area contributed by atoms with Gasteiger partial charge in [0, 0.05) is 6.61 Å². The number of unbranched alkanes of at least 4 members (excludes halogenated alkanes) is 2. The van der Waals surface area contributed by atoms with Gasteiger partial charge in [-0.2, -0.15) is 13.2 Å². The van der Waals surface area contributed by atoms with Crippen molar-refractivity contribution in [1.82, 2.24) is 0 Å². The van der Waals surface area contributed by atoms with Gasteiger partial charge in [0.25, 0.3) is 0 Å². The van der Waals surface area contributed by atoms with Gasteiger partial charge in [0.2, 0.25) is 0 Å². The number of benzene rings is 1. The Morgan fingerprint density at radius 3 is 2.14 bits per heavy atom. The summed E-state index contributed by atoms with van der Waals surface area (Å²) in [6, 6.07) is 9.21. The molecule has 1 aromatic carbocycles. The van der Waals surface area contributed by atoms with Crippen molar-refractivity contribution in [3.8, 4) is 0 Å². The molecule has 0 radical (unpaired) electrons. The Labute approximate surface area is 123 Å². The van der Waals surface area contributed by atoms with E-state index in [1.807, 2.05) is 30.3 Å². The molecule has 0 heterocycles. The third kappa shape index (κ3) is 8.07. The predicted octanol–water partition coefficient (Wildman–Crippen LogP) is 3.86. The maximum absolute atomic E-state index is 12.7. The molecule has 0 saturated carbocycles. The molecule has 1 aromatic rings. The average Bonchev–Trinajstić information content (AvgIpc) is 2.41. The highest BCUT2D eigenvalue weighted by atomic mass is 19.4. The highest BCUT2D eigenvalue weighted by Crippen LogP contribution is 2.34. The number of halogens is 3. The number of rotatable bonds is 9. The summed E-state index contributed by atoms with van der Waals surface area (Å²) in [5.74, 6) is 0. The van der Waals surface area contributed by atoms with E-state index in [4.69, 9.17) is 5.11 Å². The molecular weight excluding hydrogens is 281 g/mol. The third-order valence-electron chi connectivity index (χ3n) is 3.55. The van der Waals surface area contributed by atoms with E-state index in [9.17, 15) is 18.3 Å². The van der Waals surface area contributed by atoms with Gasteiger partial charge < -0.3 is 10.2 Å². The largest absolute Gasteiger partial charge is 0.396 e. The van der Waals surface area contributed by atoms with Gasteiger partial charge in [-0.1, -0.05) is 43.2 Å². The first kappa shape index (κ1) is 18.0. The van der Waals surface area contributed by atoms with E-state index >= 15 is 0 Å². The van der Waals surface area contributed by atoms with Gasteiger partial charge in [-0.25, -0.2) is 0 Å². The van der Waals surface area contributed by atoms with Gasteiger partial charge in [-0.3, -0.25) is 0 Å². The van der Waals surface area contributed by atoms with Gasteiger partial charge in [0.15, 0.2) is 0 Å². The average molecular weight is 304 g/mol. The van der Waals surface area contributed by atoms with E-state index in [2.05, 4.69) is 0 Å². The van der Waals surface area contributed by atoms with Gasteiger partial charge in [0.1, 0.15) is 0 Å². The highest BCUT2D eigenvalue weighted by molar-refractivity contribution is 5.15. The lowest BCUT2D eigenvalue weighted by atomic mass is 9.86. The van der Waals surface area contributed by atoms with Crippen LogP contribution in [0, 0.1) is 0 Å². The van der Waals surface area contributed by atoms with Crippen molar-refractivity contribution in [2.75, 3.05) is 6.61 Å². The number of hydrogen-bond donors (Lipinski definition) is 2. The molecule has 0 aromatic heterocycles. The molecule has 1 atom stereocenters. The highest BCUT2D eigenvalue weighted by Gasteiger charge is 2.40. The van der Waals surface area contributed by atoms with Crippen LogP contribution in [-0.4, -0.2) is 28.6 Å². The quantitative estimate of drug-likeness (QED) is 0.680. The van der Waals surface area contributed by atoms with E-state index in [0.717, 1.165) is 5.56 Å². The second kappa shape index (κ2) is 8.39. The number of alkyl halides is 3. The summed E-state index contributed by atoms with van der Waals surface area (Å²) in [4.78, 5) is 0. The van der Waals surface area contributed by atoms with Crippen molar-refractivity contribution in [1.29, 1.82) is 0 Å². The Bertz CT molecular complexity index is 392. The number of hydrogen-bond acceptors (Lipinski definition) is 2. The maximum atomic E-state index is 12.7. The van der Waals surface area contributed by atoms with Crippen molar-refractivity contribution < 1.29 is 23.4 Å². The second-order valence-electron chi connectivity index (χ2n) is 5.54. The molecule has 0 aliphatic heterocycles. The Hall–Kier alpha value is -1.07. The van der Waals surface area contributed by atoms with E-state index in [1.54, 1.807) is 0 Å². The van der Waals surface area contributed by atoms with E-state index in [-0.39, 0.29) is 19.4 Å². The molecular formula is C16H23F3O2. The van der Waals surface area contributed by atoms with Crippen LogP contribution >= 0.6 is 0 Å². The first-order valence-corrected chi connectivity index (χ1v) is 7.29. The molecule has 2 nitrogen and oxygen atoms in total. The summed E-state index contributed by atoms with van der Waals surface area (Å²) in [5.41, 5.74) is -0.794. The van der Waals surface area contributed by atoms with Crippen LogP contribution < -0.4 is 0 Å². The first-order valence-electron chi connectivity index (χ1n) is 7.29. The lowest BCUT2D eigenvalue weighted by molar-refractivity contribution is -0.179. The molecule has 0 aliphatic rings. The Kier molecular flexibility index (Phi) is 7.18. The smallest absolute Gasteiger partial charge is 0.391 e. The molecule has 2 N–H and O–H groups in total. The monoisotopic (exact) mass is 304 g/mol. The summed E-state index contributed by atoms with van der Waals surface area (Å²) >= 11 is 0. The Morgan fingerprint density at radius 1 is 0.905 bits per heavy atom. The van der Waals surface area contributed by atoms with Crippen LogP contribution in [0.3, 0.4) is 0 Å². The summed E-state index contributed by atoms with van der Waals surface area (Å²) in [7, 11) is 0. The fraction of sp³-hybridized carbons (Fsp3) is 0.625. The second-order valence-corrected chi connectivity index (χ2v) is 5.54. The van der Waals surface area contributed by atoms with Gasteiger partial charge in [0.05, 0.1) is 12.0 Å².